The Morgan fingerprint density at radius 2 is 1.54 bits per heavy atom. The number of carboxylic acids is 1. The van der Waals surface area contributed by atoms with Crippen LogP contribution in [-0.2, 0) is 22.3 Å². The summed E-state index contributed by atoms with van der Waals surface area (Å²) in [5.41, 5.74) is -2.06. The van der Waals surface area contributed by atoms with Gasteiger partial charge < -0.3 is 10.0 Å². The number of carboxylic acid groups (broad SMARTS) is 1. The minimum Gasteiger partial charge on any atom is -0.481 e. The molecule has 1 aromatic heterocycles. The summed E-state index contributed by atoms with van der Waals surface area (Å²) >= 11 is 0. The van der Waals surface area contributed by atoms with Crippen LogP contribution in [0.1, 0.15) is 85.4 Å². The molecule has 2 saturated carbocycles. The van der Waals surface area contributed by atoms with Crippen LogP contribution in [0.5, 0.6) is 0 Å². The zero-order valence-electron chi connectivity index (χ0n) is 21.2. The van der Waals surface area contributed by atoms with E-state index in [1.54, 1.807) is 0 Å². The number of benzene rings is 1. The lowest BCUT2D eigenvalue weighted by Gasteiger charge is -2.29. The van der Waals surface area contributed by atoms with E-state index in [9.17, 15) is 41.4 Å². The number of amides is 1. The Hall–Kier alpha value is -3.31. The van der Waals surface area contributed by atoms with Crippen molar-refractivity contribution in [2.24, 2.45) is 11.8 Å². The molecular weight excluding hydrogens is 525 g/mol. The second kappa shape index (κ2) is 11.8. The summed E-state index contributed by atoms with van der Waals surface area (Å²) < 4.78 is 71.4. The minimum absolute atomic E-state index is 0.00904. The average molecular weight is 556 g/mol. The number of hydrogen-bond donors (Lipinski definition) is 1. The Balaban J connectivity index is 1.66. The fraction of sp³-hybridized carbons (Fsp3) is 0.556. The van der Waals surface area contributed by atoms with Crippen molar-refractivity contribution in [3.05, 3.63) is 52.9 Å². The van der Waals surface area contributed by atoms with E-state index < -0.39 is 66.0 Å². The first-order valence-corrected chi connectivity index (χ1v) is 13.1. The van der Waals surface area contributed by atoms with E-state index in [1.165, 1.54) is 0 Å². The Kier molecular flexibility index (Phi) is 8.70. The number of alkyl halides is 3. The predicted octanol–water partition coefficient (Wildman–Crippen LogP) is 5.79. The van der Waals surface area contributed by atoms with Crippen LogP contribution in [0.3, 0.4) is 0 Å². The van der Waals surface area contributed by atoms with Gasteiger partial charge in [-0.05, 0) is 56.2 Å². The first-order chi connectivity index (χ1) is 18.4. The van der Waals surface area contributed by atoms with Crippen molar-refractivity contribution in [2.45, 2.75) is 76.6 Å². The topological polar surface area (TPSA) is 92.5 Å². The number of rotatable bonds is 8. The molecule has 0 atom stereocenters. The number of hydrogen-bond acceptors (Lipinski definition) is 4. The number of aromatic nitrogens is 2. The van der Waals surface area contributed by atoms with Gasteiger partial charge in [-0.2, -0.15) is 18.3 Å². The summed E-state index contributed by atoms with van der Waals surface area (Å²) in [5, 5.41) is 13.1. The summed E-state index contributed by atoms with van der Waals surface area (Å²) in [4.78, 5) is 38.8. The number of aliphatic carboxylic acids is 1. The number of halogens is 5. The van der Waals surface area contributed by atoms with Gasteiger partial charge in [-0.25, -0.2) is 8.78 Å². The first-order valence-electron chi connectivity index (χ1n) is 13.1. The van der Waals surface area contributed by atoms with Crippen LogP contribution in [0.2, 0.25) is 0 Å². The van der Waals surface area contributed by atoms with Crippen LogP contribution < -0.4 is 0 Å². The van der Waals surface area contributed by atoms with Crippen molar-refractivity contribution in [1.29, 1.82) is 0 Å². The predicted molar refractivity (Wildman–Crippen MR) is 129 cm³/mol. The van der Waals surface area contributed by atoms with Crippen molar-refractivity contribution in [3.63, 3.8) is 0 Å². The zero-order valence-corrected chi connectivity index (χ0v) is 21.2. The van der Waals surface area contributed by atoms with Crippen molar-refractivity contribution in [3.8, 4) is 0 Å². The molecule has 1 N–H and O–H groups in total. The molecule has 2 aromatic rings. The molecule has 39 heavy (non-hydrogen) atoms. The lowest BCUT2D eigenvalue weighted by Crippen LogP contribution is -2.39. The van der Waals surface area contributed by atoms with Gasteiger partial charge in [-0.15, -0.1) is 0 Å². The van der Waals surface area contributed by atoms with Crippen molar-refractivity contribution < 1.29 is 41.4 Å². The second-order valence-electron chi connectivity index (χ2n) is 10.4. The molecule has 0 aliphatic heterocycles. The van der Waals surface area contributed by atoms with Gasteiger partial charge in [0.15, 0.2) is 11.5 Å². The first kappa shape index (κ1) is 28.7. The Bertz CT molecular complexity index is 1190. The molecule has 0 radical (unpaired) electrons. The molecular formula is C27H30F5N3O4. The highest BCUT2D eigenvalue weighted by Gasteiger charge is 2.43. The summed E-state index contributed by atoms with van der Waals surface area (Å²) in [6, 6.07) is 1.80. The van der Waals surface area contributed by atoms with Crippen LogP contribution in [0, 0.1) is 23.5 Å². The normalized spacial score (nSPS) is 20.5. The number of nitrogens with zero attached hydrogens (tertiary/aromatic N) is 3. The minimum atomic E-state index is -4.98. The molecule has 2 aliphatic rings. The van der Waals surface area contributed by atoms with Gasteiger partial charge in [-0.3, -0.25) is 19.1 Å². The number of carbonyl (C=O) groups is 3. The van der Waals surface area contributed by atoms with E-state index in [1.807, 2.05) is 0 Å². The largest absolute Gasteiger partial charge is 0.481 e. The molecule has 2 fully saturated rings. The maximum absolute atomic E-state index is 14.3. The van der Waals surface area contributed by atoms with E-state index >= 15 is 0 Å². The molecule has 2 aliphatic carbocycles. The molecule has 212 valence electrons. The molecule has 0 saturated heterocycles. The fourth-order valence-corrected chi connectivity index (χ4v) is 5.68. The van der Waals surface area contributed by atoms with Crippen LogP contribution in [-0.4, -0.2) is 44.0 Å². The van der Waals surface area contributed by atoms with E-state index in [-0.39, 0.29) is 42.9 Å². The highest BCUT2D eigenvalue weighted by molar-refractivity contribution is 5.98. The maximum Gasteiger partial charge on any atom is 0.433 e. The van der Waals surface area contributed by atoms with Crippen LogP contribution in [0.25, 0.3) is 0 Å². The molecule has 1 aromatic carbocycles. The standard InChI is InChI=1S/C27H30F5N3O4/c28-19-10-16(11-20(29)12-19)14-34(15-23(36)17-4-2-1-3-5-17)25(37)22-13-33-35(24(22)27(30,31)32)21-8-6-18(7-9-21)26(38)39/h10-13,17-18,21H,1-9,14-15H2,(H,38,39)/t18-,21-. The van der Waals surface area contributed by atoms with E-state index in [0.717, 1.165) is 47.2 Å². The van der Waals surface area contributed by atoms with Crippen molar-refractivity contribution in [2.75, 3.05) is 6.54 Å². The molecule has 12 heteroatoms. The third-order valence-corrected chi connectivity index (χ3v) is 7.68. The molecule has 4 rings (SSSR count). The molecule has 1 heterocycles. The van der Waals surface area contributed by atoms with Gasteiger partial charge in [-0.1, -0.05) is 19.3 Å². The molecule has 0 unspecified atom stereocenters. The highest BCUT2D eigenvalue weighted by Crippen LogP contribution is 2.39. The lowest BCUT2D eigenvalue weighted by molar-refractivity contribution is -0.147. The van der Waals surface area contributed by atoms with E-state index in [4.69, 9.17) is 0 Å². The van der Waals surface area contributed by atoms with Gasteiger partial charge in [0.1, 0.15) is 11.6 Å². The van der Waals surface area contributed by atoms with Gasteiger partial charge >= 0.3 is 12.1 Å². The van der Waals surface area contributed by atoms with Gasteiger partial charge in [0.25, 0.3) is 5.91 Å². The van der Waals surface area contributed by atoms with Crippen LogP contribution in [0.4, 0.5) is 22.0 Å². The molecule has 0 bridgehead atoms. The summed E-state index contributed by atoms with van der Waals surface area (Å²) in [5.74, 6) is -5.27. The molecule has 0 spiro atoms. The second-order valence-corrected chi connectivity index (χ2v) is 10.4. The van der Waals surface area contributed by atoms with Crippen LogP contribution in [0.15, 0.2) is 24.4 Å². The fourth-order valence-electron chi connectivity index (χ4n) is 5.68. The summed E-state index contributed by atoms with van der Waals surface area (Å²) in [7, 11) is 0. The highest BCUT2D eigenvalue weighted by atomic mass is 19.4. The smallest absolute Gasteiger partial charge is 0.433 e. The molecule has 7 nitrogen and oxygen atoms in total. The maximum atomic E-state index is 14.3. The van der Waals surface area contributed by atoms with Gasteiger partial charge in [0.2, 0.25) is 0 Å². The average Bonchev–Trinajstić information content (AvgIpc) is 3.34. The molecule has 1 amide bonds. The summed E-state index contributed by atoms with van der Waals surface area (Å²) in [6.07, 6.45) is 0.305. The van der Waals surface area contributed by atoms with Gasteiger partial charge in [0, 0.05) is 18.5 Å². The Morgan fingerprint density at radius 3 is 2.10 bits per heavy atom. The Labute approximate surface area is 222 Å². The van der Waals surface area contributed by atoms with Crippen LogP contribution >= 0.6 is 0 Å². The summed E-state index contributed by atoms with van der Waals surface area (Å²) in [6.45, 7) is -0.980. The van der Waals surface area contributed by atoms with E-state index in [0.29, 0.717) is 18.9 Å². The zero-order chi connectivity index (χ0) is 28.3. The monoisotopic (exact) mass is 555 g/mol. The van der Waals surface area contributed by atoms with Gasteiger partial charge in [0.05, 0.1) is 30.3 Å². The van der Waals surface area contributed by atoms with Crippen molar-refractivity contribution in [1.82, 2.24) is 14.7 Å². The number of ketones is 1. The third kappa shape index (κ3) is 6.83. The van der Waals surface area contributed by atoms with E-state index in [2.05, 4.69) is 5.10 Å². The van der Waals surface area contributed by atoms with Crippen molar-refractivity contribution >= 4 is 17.7 Å². The number of carbonyl (C=O) groups excluding carboxylic acids is 2. The SMILES string of the molecule is O=C(CN(Cc1cc(F)cc(F)c1)C(=O)c1cnn([C@H]2CC[C@H](C(=O)O)CC2)c1C(F)(F)F)C1CCCCC1. The quantitative estimate of drug-likeness (QED) is 0.417. The lowest BCUT2D eigenvalue weighted by atomic mass is 9.86. The number of Topliss-reactive ketones (excluding diaryl/α,β-unsaturated/α-hetero) is 1. The third-order valence-electron chi connectivity index (χ3n) is 7.68. The Morgan fingerprint density at radius 1 is 0.923 bits per heavy atom.